The van der Waals surface area contributed by atoms with E-state index >= 15 is 0 Å². The lowest BCUT2D eigenvalue weighted by Crippen LogP contribution is -2.28. The second-order valence-electron chi connectivity index (χ2n) is 10.5. The minimum absolute atomic E-state index is 0.144. The maximum atomic E-state index is 2.45. The Kier molecular flexibility index (Phi) is 6.40. The number of hydrogen-bond donors (Lipinski definition) is 0. The van der Waals surface area contributed by atoms with Crippen LogP contribution in [-0.4, -0.2) is 0 Å². The van der Waals surface area contributed by atoms with Gasteiger partial charge < -0.3 is 0 Å². The van der Waals surface area contributed by atoms with Crippen molar-refractivity contribution < 1.29 is 0 Å². The van der Waals surface area contributed by atoms with Gasteiger partial charge in [0.05, 0.1) is 0 Å². The van der Waals surface area contributed by atoms with Crippen LogP contribution in [0.3, 0.4) is 0 Å². The van der Waals surface area contributed by atoms with Crippen LogP contribution in [0.2, 0.25) is 0 Å². The zero-order valence-electron chi connectivity index (χ0n) is 22.1. The third kappa shape index (κ3) is 4.55. The Balaban J connectivity index is 1.61. The van der Waals surface area contributed by atoms with Crippen LogP contribution in [0.25, 0.3) is 34.4 Å². The summed E-state index contributed by atoms with van der Waals surface area (Å²) in [6.45, 7) is 4.63. The molecule has 0 saturated carbocycles. The Morgan fingerprint density at radius 1 is 0.658 bits per heavy atom. The van der Waals surface area contributed by atoms with Crippen LogP contribution >= 0.6 is 0 Å². The lowest BCUT2D eigenvalue weighted by Gasteiger charge is -2.37. The van der Waals surface area contributed by atoms with Crippen molar-refractivity contribution in [2.45, 2.75) is 25.7 Å². The molecule has 0 heterocycles. The zero-order chi connectivity index (χ0) is 26.0. The molecule has 0 amide bonds. The number of fused-ring (bicyclic) bond motifs is 1. The van der Waals surface area contributed by atoms with Gasteiger partial charge in [0.25, 0.3) is 0 Å². The zero-order valence-corrected chi connectivity index (χ0v) is 22.1. The summed E-state index contributed by atoms with van der Waals surface area (Å²) < 4.78 is 0. The van der Waals surface area contributed by atoms with E-state index in [0.29, 0.717) is 0 Å². The summed E-state index contributed by atoms with van der Waals surface area (Å²) in [5.41, 5.74) is 12.9. The molecule has 38 heavy (non-hydrogen) atoms. The first kappa shape index (κ1) is 23.9. The van der Waals surface area contributed by atoms with Gasteiger partial charge in [-0.1, -0.05) is 140 Å². The number of rotatable bonds is 5. The number of allylic oxidation sites excluding steroid dienone is 2. The highest BCUT2D eigenvalue weighted by molar-refractivity contribution is 5.92. The van der Waals surface area contributed by atoms with Crippen molar-refractivity contribution in [2.24, 2.45) is 0 Å². The van der Waals surface area contributed by atoms with Gasteiger partial charge in [0.15, 0.2) is 0 Å². The van der Waals surface area contributed by atoms with Gasteiger partial charge in [-0.3, -0.25) is 0 Å². The third-order valence-electron chi connectivity index (χ3n) is 7.93. The smallest absolute Gasteiger partial charge is 0.0221 e. The van der Waals surface area contributed by atoms with Gasteiger partial charge in [-0.15, -0.1) is 0 Å². The second kappa shape index (κ2) is 10.1. The van der Waals surface area contributed by atoms with Gasteiger partial charge in [0, 0.05) is 5.41 Å². The van der Waals surface area contributed by atoms with Crippen molar-refractivity contribution in [3.8, 4) is 11.1 Å². The number of benzene rings is 5. The molecule has 5 aromatic carbocycles. The average Bonchev–Trinajstić information content (AvgIpc) is 2.99. The summed E-state index contributed by atoms with van der Waals surface area (Å²) >= 11 is 0. The predicted molar refractivity (Wildman–Crippen MR) is 164 cm³/mol. The first-order chi connectivity index (χ1) is 18.6. The largest absolute Gasteiger partial charge is 0.0622 e. The number of hydrogen-bond acceptors (Lipinski definition) is 0. The van der Waals surface area contributed by atoms with E-state index in [1.165, 1.54) is 55.7 Å². The minimum atomic E-state index is -0.144. The van der Waals surface area contributed by atoms with Crippen LogP contribution in [0.1, 0.15) is 53.6 Å². The van der Waals surface area contributed by atoms with Gasteiger partial charge in [0.1, 0.15) is 0 Å². The molecular formula is C38H32. The van der Waals surface area contributed by atoms with E-state index in [-0.39, 0.29) is 5.41 Å². The summed E-state index contributed by atoms with van der Waals surface area (Å²) in [5, 5.41) is 0. The lowest BCUT2D eigenvalue weighted by atomic mass is 9.65. The van der Waals surface area contributed by atoms with E-state index in [0.717, 1.165) is 6.42 Å². The van der Waals surface area contributed by atoms with E-state index in [2.05, 4.69) is 159 Å². The molecule has 0 unspecified atom stereocenters. The van der Waals surface area contributed by atoms with E-state index in [1.54, 1.807) is 0 Å². The molecule has 184 valence electrons. The highest BCUT2D eigenvalue weighted by Crippen LogP contribution is 2.48. The molecule has 5 aromatic rings. The molecule has 0 aliphatic heterocycles. The Morgan fingerprint density at radius 2 is 1.21 bits per heavy atom. The SMILES string of the molecule is C/C(=C\c1cc2c(cc1-c1ccccc1)C=C(c1ccccc1)C[C@@]2(C)c1ccccc1)c1ccccc1. The second-order valence-corrected chi connectivity index (χ2v) is 10.5. The standard InChI is InChI=1S/C38H32/c1-28(29-15-7-3-8-16-29)23-32-26-37-33(25-36(32)31-19-11-5-12-20-31)24-34(30-17-9-4-10-18-30)27-38(37,2)35-21-13-6-14-22-35/h3-26H,27H2,1-2H3/b28-23+/t38-/m0/s1. The first-order valence-corrected chi connectivity index (χ1v) is 13.4. The molecule has 0 aromatic heterocycles. The minimum Gasteiger partial charge on any atom is -0.0622 e. The van der Waals surface area contributed by atoms with E-state index in [1.807, 2.05) is 0 Å². The fourth-order valence-corrected chi connectivity index (χ4v) is 5.85. The molecule has 0 fully saturated rings. The monoisotopic (exact) mass is 488 g/mol. The predicted octanol–water partition coefficient (Wildman–Crippen LogP) is 10.2. The van der Waals surface area contributed by atoms with Crippen LogP contribution in [0, 0.1) is 0 Å². The molecule has 1 atom stereocenters. The molecule has 1 aliphatic rings. The van der Waals surface area contributed by atoms with Crippen LogP contribution in [0.5, 0.6) is 0 Å². The topological polar surface area (TPSA) is 0 Å². The Hall–Kier alpha value is -4.42. The molecule has 0 radical (unpaired) electrons. The summed E-state index contributed by atoms with van der Waals surface area (Å²) in [6, 6.07) is 48.2. The normalized spacial score (nSPS) is 17.0. The van der Waals surface area contributed by atoms with Crippen LogP contribution in [0.15, 0.2) is 133 Å². The molecule has 0 spiro atoms. The van der Waals surface area contributed by atoms with Crippen LogP contribution in [-0.2, 0) is 5.41 Å². The van der Waals surface area contributed by atoms with Crippen molar-refractivity contribution in [3.63, 3.8) is 0 Å². The molecule has 0 N–H and O–H groups in total. The van der Waals surface area contributed by atoms with Crippen LogP contribution in [0.4, 0.5) is 0 Å². The van der Waals surface area contributed by atoms with Gasteiger partial charge >= 0.3 is 0 Å². The highest BCUT2D eigenvalue weighted by Gasteiger charge is 2.35. The highest BCUT2D eigenvalue weighted by atomic mass is 14.4. The van der Waals surface area contributed by atoms with E-state index in [4.69, 9.17) is 0 Å². The maximum Gasteiger partial charge on any atom is 0.0221 e. The van der Waals surface area contributed by atoms with Crippen molar-refractivity contribution in [1.29, 1.82) is 0 Å². The molecule has 0 nitrogen and oxygen atoms in total. The maximum absolute atomic E-state index is 2.45. The Bertz CT molecular complexity index is 1610. The Labute approximate surface area is 226 Å². The molecule has 0 saturated heterocycles. The molecule has 1 aliphatic carbocycles. The van der Waals surface area contributed by atoms with Crippen molar-refractivity contribution >= 4 is 23.3 Å². The summed E-state index contributed by atoms with van der Waals surface area (Å²) in [6.07, 6.45) is 5.73. The molecule has 0 heteroatoms. The lowest BCUT2D eigenvalue weighted by molar-refractivity contribution is 0.583. The van der Waals surface area contributed by atoms with Gasteiger partial charge in [0.2, 0.25) is 0 Å². The van der Waals surface area contributed by atoms with Gasteiger partial charge in [-0.05, 0) is 81.1 Å². The first-order valence-electron chi connectivity index (χ1n) is 13.4. The Morgan fingerprint density at radius 3 is 1.84 bits per heavy atom. The average molecular weight is 489 g/mol. The van der Waals surface area contributed by atoms with Crippen molar-refractivity contribution in [2.75, 3.05) is 0 Å². The summed E-state index contributed by atoms with van der Waals surface area (Å²) in [5.74, 6) is 0. The molecular weight excluding hydrogens is 456 g/mol. The molecule has 6 rings (SSSR count). The third-order valence-corrected chi connectivity index (χ3v) is 7.93. The van der Waals surface area contributed by atoms with Crippen LogP contribution < -0.4 is 0 Å². The summed E-state index contributed by atoms with van der Waals surface area (Å²) in [7, 11) is 0. The summed E-state index contributed by atoms with van der Waals surface area (Å²) in [4.78, 5) is 0. The van der Waals surface area contributed by atoms with Gasteiger partial charge in [-0.25, -0.2) is 0 Å². The van der Waals surface area contributed by atoms with Gasteiger partial charge in [-0.2, -0.15) is 0 Å². The van der Waals surface area contributed by atoms with E-state index < -0.39 is 0 Å². The van der Waals surface area contributed by atoms with E-state index in [9.17, 15) is 0 Å². The van der Waals surface area contributed by atoms with Crippen molar-refractivity contribution in [3.05, 3.63) is 167 Å². The fourth-order valence-electron chi connectivity index (χ4n) is 5.85. The van der Waals surface area contributed by atoms with Crippen molar-refractivity contribution in [1.82, 2.24) is 0 Å². The quantitative estimate of drug-likeness (QED) is 0.216. The fraction of sp³-hybridized carbons (Fsp3) is 0.105. The molecule has 0 bridgehead atoms.